The minimum absolute atomic E-state index is 0.0432. The first-order chi connectivity index (χ1) is 13.5. The number of hydrogen-bond donors (Lipinski definition) is 2. The van der Waals surface area contributed by atoms with Gasteiger partial charge in [-0.25, -0.2) is 14.8 Å². The normalized spacial score (nSPS) is 10.7. The zero-order chi connectivity index (χ0) is 19.7. The van der Waals surface area contributed by atoms with Crippen molar-refractivity contribution in [1.29, 1.82) is 0 Å². The third kappa shape index (κ3) is 2.96. The molecular formula is C17H11N7O4. The Bertz CT molecular complexity index is 1200. The number of nitro groups is 1. The average Bonchev–Trinajstić information content (AvgIpc) is 3.12. The lowest BCUT2D eigenvalue weighted by Gasteiger charge is -2.09. The van der Waals surface area contributed by atoms with E-state index < -0.39 is 10.9 Å². The Labute approximate surface area is 156 Å². The quantitative estimate of drug-likeness (QED) is 0.395. The van der Waals surface area contributed by atoms with E-state index in [0.29, 0.717) is 16.7 Å². The summed E-state index contributed by atoms with van der Waals surface area (Å²) >= 11 is 0. The summed E-state index contributed by atoms with van der Waals surface area (Å²) in [6, 6.07) is 12.7. The molecule has 2 aromatic carbocycles. The summed E-state index contributed by atoms with van der Waals surface area (Å²) in [7, 11) is 0. The van der Waals surface area contributed by atoms with Gasteiger partial charge >= 0.3 is 11.7 Å². The van der Waals surface area contributed by atoms with Crippen molar-refractivity contribution in [2.45, 2.75) is 0 Å². The van der Waals surface area contributed by atoms with Gasteiger partial charge in [-0.3, -0.25) is 10.1 Å². The molecule has 0 saturated heterocycles. The molecule has 2 aromatic heterocycles. The first-order valence-corrected chi connectivity index (χ1v) is 7.95. The van der Waals surface area contributed by atoms with E-state index in [-0.39, 0.29) is 22.9 Å². The molecule has 0 radical (unpaired) electrons. The van der Waals surface area contributed by atoms with Gasteiger partial charge in [-0.05, 0) is 36.4 Å². The minimum atomic E-state index is -1.07. The molecule has 138 valence electrons. The Kier molecular flexibility index (Phi) is 4.09. The van der Waals surface area contributed by atoms with Crippen LogP contribution in [0.1, 0.15) is 10.4 Å². The number of carboxylic acids is 1. The lowest BCUT2D eigenvalue weighted by molar-refractivity contribution is -0.384. The highest BCUT2D eigenvalue weighted by molar-refractivity contribution is 5.88. The number of hydrogen-bond acceptors (Lipinski definition) is 8. The third-order valence-electron chi connectivity index (χ3n) is 3.93. The van der Waals surface area contributed by atoms with E-state index in [0.717, 1.165) is 0 Å². The molecule has 0 aliphatic carbocycles. The fraction of sp³-hybridized carbons (Fsp3) is 0. The van der Waals surface area contributed by atoms with Gasteiger partial charge in [-0.2, -0.15) is 4.68 Å². The van der Waals surface area contributed by atoms with Crippen molar-refractivity contribution in [2.75, 3.05) is 5.32 Å². The molecule has 0 saturated carbocycles. The van der Waals surface area contributed by atoms with E-state index in [4.69, 9.17) is 5.11 Å². The Morgan fingerprint density at radius 2 is 1.86 bits per heavy atom. The molecule has 28 heavy (non-hydrogen) atoms. The lowest BCUT2D eigenvalue weighted by Crippen LogP contribution is -2.09. The second kappa shape index (κ2) is 6.72. The van der Waals surface area contributed by atoms with Crippen molar-refractivity contribution < 1.29 is 14.8 Å². The molecular weight excluding hydrogens is 366 g/mol. The molecule has 0 aliphatic rings. The first kappa shape index (κ1) is 17.0. The molecule has 0 aliphatic heterocycles. The number of benzene rings is 2. The SMILES string of the molecule is O=C(O)c1ccc(Nc2ncnc(-n3nnc4ccccc43)c2[N+](=O)[O-])cc1. The Morgan fingerprint density at radius 3 is 2.57 bits per heavy atom. The number of aromatic nitrogens is 5. The van der Waals surface area contributed by atoms with Crippen LogP contribution in [0.25, 0.3) is 16.9 Å². The molecule has 11 nitrogen and oxygen atoms in total. The van der Waals surface area contributed by atoms with Crippen molar-refractivity contribution in [1.82, 2.24) is 25.0 Å². The maximum absolute atomic E-state index is 11.8. The van der Waals surface area contributed by atoms with Gasteiger partial charge in [0.1, 0.15) is 11.8 Å². The van der Waals surface area contributed by atoms with Crippen molar-refractivity contribution >= 4 is 34.2 Å². The second-order valence-corrected chi connectivity index (χ2v) is 5.65. The summed E-state index contributed by atoms with van der Waals surface area (Å²) in [5, 5.41) is 31.5. The van der Waals surface area contributed by atoms with Crippen molar-refractivity contribution in [3.63, 3.8) is 0 Å². The minimum Gasteiger partial charge on any atom is -0.478 e. The molecule has 4 rings (SSSR count). The van der Waals surface area contributed by atoms with Crippen LogP contribution in [0.2, 0.25) is 0 Å². The summed E-state index contributed by atoms with van der Waals surface area (Å²) < 4.78 is 1.27. The van der Waals surface area contributed by atoms with Crippen LogP contribution >= 0.6 is 0 Å². The van der Waals surface area contributed by atoms with Gasteiger partial charge in [0.15, 0.2) is 0 Å². The molecule has 0 spiro atoms. The van der Waals surface area contributed by atoms with Gasteiger partial charge < -0.3 is 10.4 Å². The molecule has 0 unspecified atom stereocenters. The number of rotatable bonds is 5. The Hall–Kier alpha value is -4.41. The van der Waals surface area contributed by atoms with E-state index >= 15 is 0 Å². The number of aromatic carboxylic acids is 1. The van der Waals surface area contributed by atoms with Gasteiger partial charge in [0.05, 0.1) is 16.0 Å². The summed E-state index contributed by atoms with van der Waals surface area (Å²) in [5.41, 5.74) is 1.26. The van der Waals surface area contributed by atoms with Crippen molar-refractivity contribution in [3.8, 4) is 5.82 Å². The van der Waals surface area contributed by atoms with Crippen LogP contribution in [0.3, 0.4) is 0 Å². The third-order valence-corrected chi connectivity index (χ3v) is 3.93. The highest BCUT2D eigenvalue weighted by Crippen LogP contribution is 2.31. The van der Waals surface area contributed by atoms with E-state index in [2.05, 4.69) is 25.6 Å². The van der Waals surface area contributed by atoms with E-state index in [9.17, 15) is 14.9 Å². The van der Waals surface area contributed by atoms with Crippen LogP contribution < -0.4 is 5.32 Å². The topological polar surface area (TPSA) is 149 Å². The summed E-state index contributed by atoms with van der Waals surface area (Å²) in [5.74, 6) is -1.17. The fourth-order valence-electron chi connectivity index (χ4n) is 2.64. The predicted octanol–water partition coefficient (Wildman–Crippen LogP) is 2.56. The van der Waals surface area contributed by atoms with Crippen LogP contribution in [0.5, 0.6) is 0 Å². The number of fused-ring (bicyclic) bond motifs is 1. The van der Waals surface area contributed by atoms with Crippen LogP contribution in [-0.2, 0) is 0 Å². The maximum Gasteiger partial charge on any atom is 0.356 e. The van der Waals surface area contributed by atoms with Crippen LogP contribution in [0, 0.1) is 10.1 Å². The van der Waals surface area contributed by atoms with Crippen LogP contribution in [0.4, 0.5) is 17.2 Å². The second-order valence-electron chi connectivity index (χ2n) is 5.65. The van der Waals surface area contributed by atoms with Gasteiger partial charge in [0, 0.05) is 5.69 Å². The zero-order valence-corrected chi connectivity index (χ0v) is 14.1. The van der Waals surface area contributed by atoms with E-state index in [1.54, 1.807) is 24.3 Å². The number of nitrogens with zero attached hydrogens (tertiary/aromatic N) is 6. The molecule has 0 fully saturated rings. The smallest absolute Gasteiger partial charge is 0.356 e. The first-order valence-electron chi connectivity index (χ1n) is 7.95. The molecule has 11 heteroatoms. The summed E-state index contributed by atoms with van der Waals surface area (Å²) in [4.78, 5) is 30.1. The van der Waals surface area contributed by atoms with Crippen LogP contribution in [0.15, 0.2) is 54.9 Å². The molecule has 4 aromatic rings. The number of carboxylic acid groups (broad SMARTS) is 1. The molecule has 2 N–H and O–H groups in total. The Morgan fingerprint density at radius 1 is 1.11 bits per heavy atom. The number of carbonyl (C=O) groups is 1. The van der Waals surface area contributed by atoms with Gasteiger partial charge in [-0.15, -0.1) is 5.10 Å². The monoisotopic (exact) mass is 377 g/mol. The number of para-hydroxylation sites is 1. The van der Waals surface area contributed by atoms with Gasteiger partial charge in [-0.1, -0.05) is 17.3 Å². The maximum atomic E-state index is 11.8. The number of anilines is 2. The highest BCUT2D eigenvalue weighted by atomic mass is 16.6. The van der Waals surface area contributed by atoms with Gasteiger partial charge in [0.2, 0.25) is 11.6 Å². The molecule has 2 heterocycles. The molecule has 0 amide bonds. The van der Waals surface area contributed by atoms with Gasteiger partial charge in [0.25, 0.3) is 0 Å². The Balaban J connectivity index is 1.80. The average molecular weight is 377 g/mol. The predicted molar refractivity (Wildman–Crippen MR) is 97.8 cm³/mol. The van der Waals surface area contributed by atoms with E-state index in [1.165, 1.54) is 35.3 Å². The zero-order valence-electron chi connectivity index (χ0n) is 14.1. The largest absolute Gasteiger partial charge is 0.478 e. The molecule has 0 bridgehead atoms. The fourth-order valence-corrected chi connectivity index (χ4v) is 2.64. The highest BCUT2D eigenvalue weighted by Gasteiger charge is 2.26. The number of nitrogens with one attached hydrogen (secondary N) is 1. The molecule has 0 atom stereocenters. The summed E-state index contributed by atoms with van der Waals surface area (Å²) in [6.07, 6.45) is 1.17. The van der Waals surface area contributed by atoms with Crippen LogP contribution in [-0.4, -0.2) is 41.0 Å². The lowest BCUT2D eigenvalue weighted by atomic mass is 10.2. The van der Waals surface area contributed by atoms with Crippen molar-refractivity contribution in [3.05, 3.63) is 70.5 Å². The standard InChI is InChI=1S/C17H11N7O4/c25-17(26)10-5-7-11(8-6-10)20-15-14(24(27)28)16(19-9-18-15)23-13-4-2-1-3-12(13)21-22-23/h1-9H,(H,25,26)(H,18,19,20). The van der Waals surface area contributed by atoms with Crippen molar-refractivity contribution in [2.24, 2.45) is 0 Å². The summed E-state index contributed by atoms with van der Waals surface area (Å²) in [6.45, 7) is 0. The van der Waals surface area contributed by atoms with E-state index in [1.807, 2.05) is 0 Å².